The second-order valence-electron chi connectivity index (χ2n) is 4.89. The average molecular weight is 239 g/mol. The van der Waals surface area contributed by atoms with Crippen molar-refractivity contribution in [1.29, 1.82) is 0 Å². The number of aliphatic imine (C=N–C) groups is 1. The molecule has 1 aromatic rings. The summed E-state index contributed by atoms with van der Waals surface area (Å²) in [5.41, 5.74) is 5.81. The molecule has 1 rings (SSSR count). The van der Waals surface area contributed by atoms with Crippen molar-refractivity contribution >= 4 is 17.3 Å². The lowest BCUT2D eigenvalue weighted by Gasteiger charge is -2.21. The molecule has 16 heavy (non-hydrogen) atoms. The number of thiophene rings is 1. The van der Waals surface area contributed by atoms with Crippen LogP contribution in [0.3, 0.4) is 0 Å². The fraction of sp³-hybridized carbons (Fsp3) is 0.583. The number of nitrogens with two attached hydrogens (primary N) is 1. The molecule has 4 heteroatoms. The van der Waals surface area contributed by atoms with Gasteiger partial charge in [0.2, 0.25) is 0 Å². The van der Waals surface area contributed by atoms with Gasteiger partial charge in [0, 0.05) is 18.5 Å². The van der Waals surface area contributed by atoms with Gasteiger partial charge in [-0.2, -0.15) is 0 Å². The predicted molar refractivity (Wildman–Crippen MR) is 72.0 cm³/mol. The summed E-state index contributed by atoms with van der Waals surface area (Å²) >= 11 is 1.78. The van der Waals surface area contributed by atoms with Gasteiger partial charge in [0.15, 0.2) is 5.96 Å². The van der Waals surface area contributed by atoms with E-state index in [0.717, 1.165) is 13.0 Å². The highest BCUT2D eigenvalue weighted by molar-refractivity contribution is 7.09. The van der Waals surface area contributed by atoms with Crippen LogP contribution in [0.1, 0.15) is 25.6 Å². The van der Waals surface area contributed by atoms with Crippen LogP contribution in [0.15, 0.2) is 22.5 Å². The van der Waals surface area contributed by atoms with Gasteiger partial charge in [0.25, 0.3) is 0 Å². The molecule has 0 aliphatic rings. The zero-order valence-corrected chi connectivity index (χ0v) is 11.3. The molecule has 1 aromatic heterocycles. The number of hydrogen-bond acceptors (Lipinski definition) is 2. The Labute approximate surface area is 102 Å². The van der Waals surface area contributed by atoms with Crippen molar-refractivity contribution in [3.05, 3.63) is 22.4 Å². The number of hydrogen-bond donors (Lipinski definition) is 1. The Kier molecular flexibility index (Phi) is 4.35. The molecule has 0 bridgehead atoms. The monoisotopic (exact) mass is 239 g/mol. The van der Waals surface area contributed by atoms with Crippen LogP contribution in [0.4, 0.5) is 0 Å². The van der Waals surface area contributed by atoms with E-state index in [1.165, 1.54) is 4.88 Å². The quantitative estimate of drug-likeness (QED) is 0.650. The fourth-order valence-corrected chi connectivity index (χ4v) is 1.97. The first-order valence-corrected chi connectivity index (χ1v) is 6.35. The number of guanidine groups is 1. The summed E-state index contributed by atoms with van der Waals surface area (Å²) in [5.74, 6) is 0.615. The van der Waals surface area contributed by atoms with Crippen LogP contribution in [0, 0.1) is 0 Å². The minimum absolute atomic E-state index is 0.110. The maximum atomic E-state index is 5.92. The van der Waals surface area contributed by atoms with Crippen molar-refractivity contribution in [3.8, 4) is 0 Å². The molecule has 1 heterocycles. The van der Waals surface area contributed by atoms with E-state index in [-0.39, 0.29) is 5.54 Å². The van der Waals surface area contributed by atoms with E-state index in [1.807, 2.05) is 32.7 Å². The summed E-state index contributed by atoms with van der Waals surface area (Å²) in [6, 6.07) is 4.22. The lowest BCUT2D eigenvalue weighted by molar-refractivity contribution is 0.483. The highest BCUT2D eigenvalue weighted by Gasteiger charge is 2.10. The Morgan fingerprint density at radius 2 is 2.19 bits per heavy atom. The molecule has 0 aliphatic carbocycles. The van der Waals surface area contributed by atoms with Crippen molar-refractivity contribution in [2.75, 3.05) is 13.6 Å². The van der Waals surface area contributed by atoms with E-state index < -0.39 is 0 Å². The summed E-state index contributed by atoms with van der Waals surface area (Å²) in [6.07, 6.45) is 1.02. The van der Waals surface area contributed by atoms with E-state index in [2.05, 4.69) is 22.5 Å². The van der Waals surface area contributed by atoms with Gasteiger partial charge in [-0.15, -0.1) is 11.3 Å². The van der Waals surface area contributed by atoms with E-state index >= 15 is 0 Å². The highest BCUT2D eigenvalue weighted by atomic mass is 32.1. The summed E-state index contributed by atoms with van der Waals surface area (Å²) in [7, 11) is 1.98. The van der Waals surface area contributed by atoms with Crippen LogP contribution < -0.4 is 5.73 Å². The Balaban J connectivity index is 2.46. The maximum absolute atomic E-state index is 5.92. The first-order valence-electron chi connectivity index (χ1n) is 5.47. The second kappa shape index (κ2) is 5.34. The van der Waals surface area contributed by atoms with Crippen LogP contribution >= 0.6 is 11.3 Å². The van der Waals surface area contributed by atoms with Crippen molar-refractivity contribution in [2.24, 2.45) is 10.7 Å². The third kappa shape index (κ3) is 4.66. The van der Waals surface area contributed by atoms with Crippen LogP contribution in [-0.2, 0) is 6.42 Å². The molecular weight excluding hydrogens is 218 g/mol. The molecule has 0 saturated carbocycles. The smallest absolute Gasteiger partial charge is 0.191 e. The predicted octanol–water partition coefficient (Wildman–Crippen LogP) is 2.34. The molecule has 2 N–H and O–H groups in total. The molecule has 0 amide bonds. The molecule has 0 spiro atoms. The lowest BCUT2D eigenvalue weighted by Crippen LogP contribution is -2.37. The summed E-state index contributed by atoms with van der Waals surface area (Å²) in [5, 5.41) is 2.10. The molecule has 0 fully saturated rings. The topological polar surface area (TPSA) is 41.6 Å². The third-order valence-corrected chi connectivity index (χ3v) is 3.05. The first kappa shape index (κ1) is 13.0. The Bertz CT molecular complexity index is 336. The van der Waals surface area contributed by atoms with Crippen molar-refractivity contribution in [1.82, 2.24) is 4.90 Å². The normalized spacial score (nSPS) is 12.9. The largest absolute Gasteiger partial charge is 0.370 e. The molecule has 0 saturated heterocycles. The molecule has 3 nitrogen and oxygen atoms in total. The first-order chi connectivity index (χ1) is 7.38. The Morgan fingerprint density at radius 3 is 2.69 bits per heavy atom. The standard InChI is InChI=1S/C12H21N3S/c1-12(2,3)14-11(13)15(4)8-7-10-6-5-9-16-10/h5-6,9H,7-8H2,1-4H3,(H2,13,14). The zero-order chi connectivity index (χ0) is 12.2. The number of rotatable bonds is 3. The van der Waals surface area contributed by atoms with Crippen LogP contribution in [-0.4, -0.2) is 30.0 Å². The van der Waals surface area contributed by atoms with Gasteiger partial charge >= 0.3 is 0 Å². The summed E-state index contributed by atoms with van der Waals surface area (Å²) in [6.45, 7) is 7.05. The molecular formula is C12H21N3S. The van der Waals surface area contributed by atoms with Gasteiger partial charge in [0.05, 0.1) is 5.54 Å². The average Bonchev–Trinajstić information content (AvgIpc) is 2.63. The summed E-state index contributed by atoms with van der Waals surface area (Å²) < 4.78 is 0. The van der Waals surface area contributed by atoms with E-state index in [4.69, 9.17) is 5.73 Å². The molecule has 90 valence electrons. The fourth-order valence-electron chi connectivity index (χ4n) is 1.28. The zero-order valence-electron chi connectivity index (χ0n) is 10.5. The van der Waals surface area contributed by atoms with E-state index in [0.29, 0.717) is 5.96 Å². The lowest BCUT2D eigenvalue weighted by atomic mass is 10.1. The van der Waals surface area contributed by atoms with Crippen LogP contribution in [0.5, 0.6) is 0 Å². The maximum Gasteiger partial charge on any atom is 0.191 e. The molecule has 0 unspecified atom stereocenters. The van der Waals surface area contributed by atoms with Crippen molar-refractivity contribution < 1.29 is 0 Å². The van der Waals surface area contributed by atoms with Gasteiger partial charge in [-0.3, -0.25) is 0 Å². The van der Waals surface area contributed by atoms with Crippen molar-refractivity contribution in [3.63, 3.8) is 0 Å². The van der Waals surface area contributed by atoms with Gasteiger partial charge in [-0.25, -0.2) is 4.99 Å². The molecule has 0 aliphatic heterocycles. The van der Waals surface area contributed by atoms with E-state index in [9.17, 15) is 0 Å². The number of nitrogens with zero attached hydrogens (tertiary/aromatic N) is 2. The minimum Gasteiger partial charge on any atom is -0.370 e. The molecule has 0 atom stereocenters. The van der Waals surface area contributed by atoms with Gasteiger partial charge in [0.1, 0.15) is 0 Å². The minimum atomic E-state index is -0.110. The van der Waals surface area contributed by atoms with Gasteiger partial charge < -0.3 is 10.6 Å². The van der Waals surface area contributed by atoms with Gasteiger partial charge in [-0.1, -0.05) is 6.07 Å². The molecule has 0 radical (unpaired) electrons. The number of likely N-dealkylation sites (N-methyl/N-ethyl adjacent to an activating group) is 1. The molecule has 0 aromatic carbocycles. The Morgan fingerprint density at radius 1 is 1.50 bits per heavy atom. The van der Waals surface area contributed by atoms with Crippen molar-refractivity contribution in [2.45, 2.75) is 32.7 Å². The summed E-state index contributed by atoms with van der Waals surface area (Å²) in [4.78, 5) is 7.82. The second-order valence-corrected chi connectivity index (χ2v) is 5.92. The Hall–Kier alpha value is -1.03. The van der Waals surface area contributed by atoms with Crippen LogP contribution in [0.2, 0.25) is 0 Å². The van der Waals surface area contributed by atoms with E-state index in [1.54, 1.807) is 11.3 Å². The van der Waals surface area contributed by atoms with Crippen LogP contribution in [0.25, 0.3) is 0 Å². The SMILES string of the molecule is CN(CCc1cccs1)C(N)=NC(C)(C)C. The highest BCUT2D eigenvalue weighted by Crippen LogP contribution is 2.10. The van der Waals surface area contributed by atoms with Gasteiger partial charge in [-0.05, 0) is 38.6 Å². The third-order valence-electron chi connectivity index (χ3n) is 2.11.